The van der Waals surface area contributed by atoms with Crippen molar-refractivity contribution in [3.05, 3.63) is 54.1 Å². The number of sulfone groups is 1. The number of carbonyl (C=O) groups excluding carboxylic acids is 1. The first-order valence-corrected chi connectivity index (χ1v) is 13.8. The molecule has 32 heavy (non-hydrogen) atoms. The number of para-hydroxylation sites is 1. The van der Waals surface area contributed by atoms with Crippen LogP contribution in [-0.4, -0.2) is 53.5 Å². The number of aliphatic hydroxyl groups is 1. The highest BCUT2D eigenvalue weighted by Gasteiger charge is 2.20. The highest BCUT2D eigenvalue weighted by atomic mass is 32.2. The van der Waals surface area contributed by atoms with E-state index in [0.29, 0.717) is 12.1 Å². The fourth-order valence-corrected chi connectivity index (χ4v) is 5.00. The second kappa shape index (κ2) is 11.4. The molecule has 10 heteroatoms. The number of carbonyl (C=O) groups is 1. The molecule has 2 aromatic carbocycles. The Morgan fingerprint density at radius 3 is 2.12 bits per heavy atom. The minimum absolute atomic E-state index is 0.0447. The van der Waals surface area contributed by atoms with Crippen LogP contribution in [0.4, 0.5) is 11.4 Å². The van der Waals surface area contributed by atoms with Crippen molar-refractivity contribution >= 4 is 37.1 Å². The van der Waals surface area contributed by atoms with Crippen molar-refractivity contribution in [2.45, 2.75) is 37.0 Å². The smallest absolute Gasteiger partial charge is 0.257 e. The van der Waals surface area contributed by atoms with Crippen LogP contribution in [0.3, 0.4) is 0 Å². The summed E-state index contributed by atoms with van der Waals surface area (Å²) in [7, 11) is -5.60. The number of nitrogens with zero attached hydrogens (tertiary/aromatic N) is 1. The van der Waals surface area contributed by atoms with Crippen molar-refractivity contribution in [3.8, 4) is 0 Å². The van der Waals surface area contributed by atoms with Gasteiger partial charge < -0.3 is 10.4 Å². The molecular formula is C22H30N2O6S2. The molecule has 0 aromatic heterocycles. The molecule has 8 nitrogen and oxygen atoms in total. The number of unbranched alkanes of at least 4 members (excludes halogenated alkanes) is 4. The third kappa shape index (κ3) is 7.32. The van der Waals surface area contributed by atoms with Crippen LogP contribution in [0.2, 0.25) is 0 Å². The van der Waals surface area contributed by atoms with Crippen LogP contribution >= 0.6 is 0 Å². The predicted octanol–water partition coefficient (Wildman–Crippen LogP) is 3.05. The first-order valence-electron chi connectivity index (χ1n) is 10.3. The van der Waals surface area contributed by atoms with Gasteiger partial charge in [-0.3, -0.25) is 9.10 Å². The van der Waals surface area contributed by atoms with Gasteiger partial charge in [0, 0.05) is 19.3 Å². The third-order valence-electron chi connectivity index (χ3n) is 5.03. The summed E-state index contributed by atoms with van der Waals surface area (Å²) < 4.78 is 49.8. The summed E-state index contributed by atoms with van der Waals surface area (Å²) in [6.07, 6.45) is 4.89. The van der Waals surface area contributed by atoms with E-state index in [4.69, 9.17) is 5.11 Å². The summed E-state index contributed by atoms with van der Waals surface area (Å²) >= 11 is 0. The van der Waals surface area contributed by atoms with E-state index in [2.05, 4.69) is 5.32 Å². The number of nitrogens with one attached hydrogen (secondary N) is 1. The highest BCUT2D eigenvalue weighted by Crippen LogP contribution is 2.23. The lowest BCUT2D eigenvalue weighted by molar-refractivity contribution is 0.102. The molecular weight excluding hydrogens is 452 g/mol. The Bertz CT molecular complexity index is 1110. The Kier molecular flexibility index (Phi) is 9.23. The van der Waals surface area contributed by atoms with Gasteiger partial charge in [-0.1, -0.05) is 31.4 Å². The average Bonchev–Trinajstić information content (AvgIpc) is 2.75. The molecule has 0 spiro atoms. The van der Waals surface area contributed by atoms with E-state index in [1.165, 1.54) is 43.4 Å². The maximum Gasteiger partial charge on any atom is 0.257 e. The molecule has 2 aromatic rings. The maximum absolute atomic E-state index is 12.7. The van der Waals surface area contributed by atoms with E-state index >= 15 is 0 Å². The van der Waals surface area contributed by atoms with Crippen molar-refractivity contribution < 1.29 is 26.7 Å². The zero-order chi connectivity index (χ0) is 23.8. The molecule has 0 aliphatic carbocycles. The number of benzene rings is 2. The lowest BCUT2D eigenvalue weighted by Crippen LogP contribution is -2.27. The average molecular weight is 483 g/mol. The number of rotatable bonds is 12. The summed E-state index contributed by atoms with van der Waals surface area (Å²) in [5.41, 5.74) is 0.818. The van der Waals surface area contributed by atoms with E-state index < -0.39 is 25.8 Å². The molecule has 0 aliphatic heterocycles. The number of aliphatic hydroxyl groups excluding tert-OH is 1. The Morgan fingerprint density at radius 1 is 0.906 bits per heavy atom. The van der Waals surface area contributed by atoms with Crippen LogP contribution < -0.4 is 9.62 Å². The van der Waals surface area contributed by atoms with Crippen molar-refractivity contribution in [3.63, 3.8) is 0 Å². The van der Waals surface area contributed by atoms with Gasteiger partial charge in [-0.25, -0.2) is 16.8 Å². The molecule has 0 saturated carbocycles. The standard InChI is InChI=1S/C22H30N2O6S2/c1-24(31(2,27)28)21-11-7-6-10-20(21)22(26)23-18-12-14-19(15-13-18)32(29,30)17-9-5-3-4-8-16-25/h6-7,10-15,25H,3-5,8-9,16-17H2,1-2H3,(H,23,26). The SMILES string of the molecule is CN(c1ccccc1C(=O)Nc1ccc(S(=O)(=O)CCCCCCCO)cc1)S(C)(=O)=O. The van der Waals surface area contributed by atoms with E-state index in [0.717, 1.165) is 36.2 Å². The van der Waals surface area contributed by atoms with Crippen LogP contribution in [0.25, 0.3) is 0 Å². The first-order chi connectivity index (χ1) is 15.1. The molecule has 1 amide bonds. The molecule has 0 bridgehead atoms. The lowest BCUT2D eigenvalue weighted by atomic mass is 10.1. The van der Waals surface area contributed by atoms with Crippen molar-refractivity contribution in [1.29, 1.82) is 0 Å². The summed E-state index contributed by atoms with van der Waals surface area (Å²) in [4.78, 5) is 12.9. The molecule has 2 N–H and O–H groups in total. The molecule has 0 unspecified atom stereocenters. The van der Waals surface area contributed by atoms with Gasteiger partial charge in [0.25, 0.3) is 5.91 Å². The van der Waals surface area contributed by atoms with Gasteiger partial charge in [0.05, 0.1) is 28.2 Å². The summed E-state index contributed by atoms with van der Waals surface area (Å²) in [5.74, 6) is -0.460. The Balaban J connectivity index is 2.05. The Hall–Kier alpha value is -2.43. The zero-order valence-electron chi connectivity index (χ0n) is 18.3. The van der Waals surface area contributed by atoms with E-state index in [-0.39, 0.29) is 28.5 Å². The number of sulfonamides is 1. The first kappa shape index (κ1) is 25.8. The van der Waals surface area contributed by atoms with Gasteiger partial charge in [-0.05, 0) is 49.2 Å². The maximum atomic E-state index is 12.7. The van der Waals surface area contributed by atoms with Crippen LogP contribution in [-0.2, 0) is 19.9 Å². The third-order valence-corrected chi connectivity index (χ3v) is 8.04. The van der Waals surface area contributed by atoms with Gasteiger partial charge in [0.2, 0.25) is 10.0 Å². The molecule has 0 saturated heterocycles. The topological polar surface area (TPSA) is 121 Å². The fourth-order valence-electron chi connectivity index (χ4n) is 3.11. The second-order valence-corrected chi connectivity index (χ2v) is 11.7. The molecule has 0 radical (unpaired) electrons. The second-order valence-electron chi connectivity index (χ2n) is 7.54. The van der Waals surface area contributed by atoms with Crippen LogP contribution in [0.5, 0.6) is 0 Å². The van der Waals surface area contributed by atoms with Gasteiger partial charge in [0.15, 0.2) is 9.84 Å². The number of anilines is 2. The molecule has 2 rings (SSSR count). The summed E-state index contributed by atoms with van der Waals surface area (Å²) in [6.45, 7) is 0.154. The molecule has 176 valence electrons. The predicted molar refractivity (Wildman–Crippen MR) is 126 cm³/mol. The van der Waals surface area contributed by atoms with Crippen LogP contribution in [0, 0.1) is 0 Å². The molecule has 0 aliphatic rings. The van der Waals surface area contributed by atoms with E-state index in [1.54, 1.807) is 12.1 Å². The zero-order valence-corrected chi connectivity index (χ0v) is 20.0. The minimum Gasteiger partial charge on any atom is -0.396 e. The number of hydrogen-bond acceptors (Lipinski definition) is 6. The Labute approximate surface area is 190 Å². The fraction of sp³-hybridized carbons (Fsp3) is 0.409. The normalized spacial score (nSPS) is 11.8. The van der Waals surface area contributed by atoms with E-state index in [9.17, 15) is 21.6 Å². The summed E-state index contributed by atoms with van der Waals surface area (Å²) in [6, 6.07) is 12.2. The minimum atomic E-state index is -3.55. The summed E-state index contributed by atoms with van der Waals surface area (Å²) in [5, 5.41) is 11.4. The Morgan fingerprint density at radius 2 is 1.50 bits per heavy atom. The molecule has 0 atom stereocenters. The van der Waals surface area contributed by atoms with Crippen LogP contribution in [0.1, 0.15) is 42.5 Å². The van der Waals surface area contributed by atoms with E-state index in [1.807, 2.05) is 0 Å². The van der Waals surface area contributed by atoms with Gasteiger partial charge in [0.1, 0.15) is 0 Å². The van der Waals surface area contributed by atoms with Gasteiger partial charge in [-0.2, -0.15) is 0 Å². The van der Waals surface area contributed by atoms with Crippen molar-refractivity contribution in [2.75, 3.05) is 35.3 Å². The molecule has 0 fully saturated rings. The number of amides is 1. The quantitative estimate of drug-likeness (QED) is 0.449. The van der Waals surface area contributed by atoms with Crippen molar-refractivity contribution in [2.24, 2.45) is 0 Å². The highest BCUT2D eigenvalue weighted by molar-refractivity contribution is 7.92. The number of hydrogen-bond donors (Lipinski definition) is 2. The largest absolute Gasteiger partial charge is 0.396 e. The molecule has 0 heterocycles. The van der Waals surface area contributed by atoms with Gasteiger partial charge >= 0.3 is 0 Å². The monoisotopic (exact) mass is 482 g/mol. The van der Waals surface area contributed by atoms with Gasteiger partial charge in [-0.15, -0.1) is 0 Å². The van der Waals surface area contributed by atoms with Crippen molar-refractivity contribution in [1.82, 2.24) is 0 Å². The van der Waals surface area contributed by atoms with Crippen LogP contribution in [0.15, 0.2) is 53.4 Å². The lowest BCUT2D eigenvalue weighted by Gasteiger charge is -2.19.